The second-order valence-electron chi connectivity index (χ2n) is 31.6. The van der Waals surface area contributed by atoms with Crippen LogP contribution in [0.25, 0.3) is 67.2 Å². The average Bonchev–Trinajstić information content (AvgIpc) is 0.701. The highest BCUT2D eigenvalue weighted by molar-refractivity contribution is 7.99. The standard InChI is InChI=1S/C95H88N10O11S/c1-16-104-74-48-78-71(46-68(74)55(4)50-94(104,6)7)81(72-47-69-56(5)51-95(8,9)105(17-2)75(69)49-79(72)115-78)82-83(93(113)114)84(101-38-32-61(33-39-101)98(10)11)86(103-42-36-63(37-43-103)100(14)15)88(85(82)102-40-34-62(35-41-102)99(12)13)117-64-26-23-59(24-27-64)89(107)96-52-57-19-21-58(22-20-57)90(108)97-53-73-76(106)31-30-67-80(66-28-18-54(3)44-77(66)116-87(67)73)70-45-60(91(109)110)25-29-65(70)92(111)112/h18-51H,16-17,52-53H2,1-15H3,(H-4,96,97,107,108,109,110,111,112,113,114)/p+4. The van der Waals surface area contributed by atoms with E-state index in [1.165, 1.54) is 42.1 Å². The third-order valence-corrected chi connectivity index (χ3v) is 23.6. The lowest BCUT2D eigenvalue weighted by atomic mass is 9.82. The van der Waals surface area contributed by atoms with E-state index in [4.69, 9.17) is 9.15 Å². The fourth-order valence-electron chi connectivity index (χ4n) is 16.8. The van der Waals surface area contributed by atoms with Crippen LogP contribution in [0.3, 0.4) is 0 Å². The molecule has 0 atom stereocenters. The highest BCUT2D eigenvalue weighted by atomic mass is 32.2. The Kier molecular flexibility index (Phi) is 20.7. The minimum absolute atomic E-state index is 0.0274. The van der Waals surface area contributed by atoms with E-state index in [1.54, 1.807) is 48.5 Å². The molecule has 10 aromatic rings. The van der Waals surface area contributed by atoms with Crippen molar-refractivity contribution >= 4 is 91.9 Å². The molecular formula is C95H92N10O11S+4. The number of fused-ring (bicyclic) bond motifs is 6. The van der Waals surface area contributed by atoms with Gasteiger partial charge in [0.1, 0.15) is 29.4 Å². The molecule has 7 aromatic carbocycles. The fraction of sp³-hybridized carbons (Fsp3) is 0.221. The van der Waals surface area contributed by atoms with Crippen LogP contribution in [-0.4, -0.2) is 111 Å². The maximum Gasteiger partial charge on any atom is 0.343 e. The number of aryl methyl sites for hydroxylation is 1. The van der Waals surface area contributed by atoms with Crippen LogP contribution in [0.5, 0.6) is 11.5 Å². The van der Waals surface area contributed by atoms with Gasteiger partial charge in [0.05, 0.1) is 40.4 Å². The Morgan fingerprint density at radius 2 is 1.10 bits per heavy atom. The van der Waals surface area contributed by atoms with Crippen molar-refractivity contribution < 1.29 is 62.1 Å². The number of rotatable bonds is 21. The quantitative estimate of drug-likeness (QED) is 0.0332. The number of pyridine rings is 3. The molecule has 1 aliphatic carbocycles. The van der Waals surface area contributed by atoms with Gasteiger partial charge in [-0.15, -0.1) is 0 Å². The molecule has 7 heterocycles. The Morgan fingerprint density at radius 1 is 0.530 bits per heavy atom. The Bertz CT molecular complexity index is 6390. The third-order valence-electron chi connectivity index (χ3n) is 22.5. The van der Waals surface area contributed by atoms with Crippen molar-refractivity contribution in [2.45, 2.75) is 96.3 Å². The molecule has 0 bridgehead atoms. The molecule has 5 N–H and O–H groups in total. The first-order valence-corrected chi connectivity index (χ1v) is 39.6. The van der Waals surface area contributed by atoms with Gasteiger partial charge in [-0.25, -0.2) is 19.0 Å². The summed E-state index contributed by atoms with van der Waals surface area (Å²) in [6.07, 6.45) is 16.4. The SMILES string of the molecule is CCN1c2cc3c(cc2C(C)=CC1(C)C)C(c1c(C(=O)O)c(-[n+]2ccc(N(C)C)cc2)c(-[n+]2ccc(N(C)C)cc2)c(Sc2ccc(C(=O)NCc4ccc(C(=O)NCc5c6oc7cc(C)ccc7c(-c7cc(C(=O)O)ccc7C(=O)O)c-6ccc5=O)cc4)cc2)c1-[n+]1ccc(N(C)C)cc1)=c1cc2c(cc1O3)=[N+](CC)C(C)(C)C=C2C. The summed E-state index contributed by atoms with van der Waals surface area (Å²) in [5.41, 5.74) is 13.1. The number of allylic oxidation sites excluding steroid dienone is 2. The van der Waals surface area contributed by atoms with Gasteiger partial charge >= 0.3 is 23.6 Å². The Balaban J connectivity index is 0.837. The second-order valence-corrected chi connectivity index (χ2v) is 32.7. The van der Waals surface area contributed by atoms with Gasteiger partial charge in [0.2, 0.25) is 11.0 Å². The predicted molar refractivity (Wildman–Crippen MR) is 458 cm³/mol. The van der Waals surface area contributed by atoms with Crippen molar-refractivity contribution in [3.05, 3.63) is 295 Å². The summed E-state index contributed by atoms with van der Waals surface area (Å²) in [7, 11) is 11.9. The summed E-state index contributed by atoms with van der Waals surface area (Å²) in [6, 6.07) is 46.7. The monoisotopic (exact) mass is 1580 g/mol. The number of ether oxygens (including phenoxy) is 1. The smallest absolute Gasteiger partial charge is 0.343 e. The van der Waals surface area contributed by atoms with E-state index in [9.17, 15) is 39.3 Å². The average molecular weight is 1580 g/mol. The van der Waals surface area contributed by atoms with E-state index >= 15 is 4.79 Å². The fourth-order valence-corrected chi connectivity index (χ4v) is 17.9. The molecule has 2 amide bonds. The number of carbonyl (C=O) groups excluding carboxylic acids is 2. The molecule has 0 radical (unpaired) electrons. The minimum Gasteiger partial charge on any atom is -0.478 e. The molecule has 0 spiro atoms. The molecule has 0 saturated carbocycles. The molecule has 590 valence electrons. The van der Waals surface area contributed by atoms with Gasteiger partial charge < -0.3 is 54.7 Å². The van der Waals surface area contributed by atoms with Gasteiger partial charge in [0.25, 0.3) is 17.5 Å². The molecule has 15 rings (SSSR count). The number of benzene rings is 8. The second kappa shape index (κ2) is 30.7. The summed E-state index contributed by atoms with van der Waals surface area (Å²) in [6.45, 7) is 20.6. The van der Waals surface area contributed by atoms with Crippen LogP contribution >= 0.6 is 11.8 Å². The topological polar surface area (TPSA) is 237 Å². The van der Waals surface area contributed by atoms with Crippen LogP contribution in [0, 0.1) is 6.92 Å². The number of amides is 2. The number of anilines is 4. The van der Waals surface area contributed by atoms with Gasteiger partial charge in [-0.2, -0.15) is 13.7 Å². The molecule has 5 aliphatic rings. The molecule has 4 aliphatic heterocycles. The number of nitrogens with zero attached hydrogens (tertiary/aromatic N) is 8. The molecule has 21 nitrogen and oxygen atoms in total. The van der Waals surface area contributed by atoms with Crippen LogP contribution in [0.1, 0.15) is 146 Å². The highest BCUT2D eigenvalue weighted by Gasteiger charge is 2.47. The predicted octanol–water partition coefficient (Wildman–Crippen LogP) is 14.1. The lowest BCUT2D eigenvalue weighted by Crippen LogP contribution is -2.49. The van der Waals surface area contributed by atoms with E-state index in [0.29, 0.717) is 102 Å². The van der Waals surface area contributed by atoms with Crippen molar-refractivity contribution in [2.75, 3.05) is 75.0 Å². The Hall–Kier alpha value is -13.5. The number of carboxylic acid groups (broad SMARTS) is 3. The first-order valence-electron chi connectivity index (χ1n) is 38.8. The number of aromatic carboxylic acids is 3. The zero-order chi connectivity index (χ0) is 83.1. The van der Waals surface area contributed by atoms with Crippen LogP contribution in [-0.2, 0) is 13.1 Å². The lowest BCUT2D eigenvalue weighted by Gasteiger charge is -2.43. The van der Waals surface area contributed by atoms with Crippen molar-refractivity contribution in [1.29, 1.82) is 0 Å². The first-order chi connectivity index (χ1) is 55.8. The normalized spacial score (nSPS) is 13.6. The molecular weight excluding hydrogens is 1490 g/mol. The molecule has 3 aromatic heterocycles. The van der Waals surface area contributed by atoms with Crippen LogP contribution in [0.2, 0.25) is 0 Å². The summed E-state index contributed by atoms with van der Waals surface area (Å²) < 4.78 is 22.2. The van der Waals surface area contributed by atoms with Crippen molar-refractivity contribution in [1.82, 2.24) is 15.2 Å². The largest absolute Gasteiger partial charge is 0.478 e. The number of hydrogen-bond acceptors (Lipinski definition) is 13. The minimum atomic E-state index is -1.28. The van der Waals surface area contributed by atoms with Crippen molar-refractivity contribution in [3.8, 4) is 51.0 Å². The molecule has 22 heteroatoms. The van der Waals surface area contributed by atoms with E-state index < -0.39 is 29.2 Å². The van der Waals surface area contributed by atoms with Gasteiger partial charge in [-0.05, 0) is 167 Å². The number of carboxylic acids is 3. The van der Waals surface area contributed by atoms with Crippen LogP contribution < -0.4 is 69.3 Å². The van der Waals surface area contributed by atoms with E-state index in [-0.39, 0.29) is 69.2 Å². The van der Waals surface area contributed by atoms with E-state index in [2.05, 4.69) is 112 Å². The van der Waals surface area contributed by atoms with Crippen LogP contribution in [0.4, 0.5) is 22.7 Å². The highest BCUT2D eigenvalue weighted by Crippen LogP contribution is 2.51. The van der Waals surface area contributed by atoms with Crippen molar-refractivity contribution in [2.24, 2.45) is 0 Å². The van der Waals surface area contributed by atoms with E-state index in [0.717, 1.165) is 60.8 Å². The molecule has 0 saturated heterocycles. The number of aromatic nitrogens is 3. The molecule has 117 heavy (non-hydrogen) atoms. The summed E-state index contributed by atoms with van der Waals surface area (Å²) in [4.78, 5) is 92.8. The van der Waals surface area contributed by atoms with Crippen LogP contribution in [0.15, 0.2) is 226 Å². The maximum absolute atomic E-state index is 15.7. The zero-order valence-electron chi connectivity index (χ0n) is 68.1. The molecule has 0 unspecified atom stereocenters. The van der Waals surface area contributed by atoms with E-state index in [1.807, 2.05) is 169 Å². The Labute approximate surface area is 682 Å². The Morgan fingerprint density at radius 3 is 1.68 bits per heavy atom. The maximum atomic E-state index is 15.7. The van der Waals surface area contributed by atoms with Crippen molar-refractivity contribution in [3.63, 3.8) is 0 Å². The first kappa shape index (κ1) is 78.8. The lowest BCUT2D eigenvalue weighted by molar-refractivity contribution is -0.637. The summed E-state index contributed by atoms with van der Waals surface area (Å²) in [5.74, 6) is -3.35. The van der Waals surface area contributed by atoms with Gasteiger partial charge in [0, 0.05) is 194 Å². The number of nitrogens with one attached hydrogen (secondary N) is 2. The molecule has 0 fully saturated rings. The van der Waals surface area contributed by atoms with Gasteiger partial charge in [0.15, 0.2) is 58.6 Å². The van der Waals surface area contributed by atoms with Gasteiger partial charge in [-0.1, -0.05) is 42.1 Å². The number of hydrogen-bond donors (Lipinski definition) is 5. The summed E-state index contributed by atoms with van der Waals surface area (Å²) >= 11 is 1.45. The number of likely N-dealkylation sites (N-methyl/N-ethyl adjacent to an activating group) is 2. The summed E-state index contributed by atoms with van der Waals surface area (Å²) in [5, 5.41) is 41.3. The third kappa shape index (κ3) is 14.5. The zero-order valence-corrected chi connectivity index (χ0v) is 68.9. The van der Waals surface area contributed by atoms with Gasteiger partial charge in [-0.3, -0.25) is 14.4 Å². The number of carbonyl (C=O) groups is 5.